The molecule has 0 amide bonds. The van der Waals surface area contributed by atoms with E-state index in [4.69, 9.17) is 0 Å². The van der Waals surface area contributed by atoms with Crippen molar-refractivity contribution in [2.45, 2.75) is 76.7 Å². The lowest BCUT2D eigenvalue weighted by Crippen LogP contribution is -2.33. The number of sulfone groups is 1. The van der Waals surface area contributed by atoms with E-state index in [2.05, 4.69) is 4.72 Å². The summed E-state index contributed by atoms with van der Waals surface area (Å²) in [6.45, 7) is 8.33. The van der Waals surface area contributed by atoms with E-state index in [1.807, 2.05) is 0 Å². The largest absolute Gasteiger partial charge is 0.299 e. The molecule has 1 aromatic carbocycles. The Morgan fingerprint density at radius 2 is 1.53 bits per heavy atom. The van der Waals surface area contributed by atoms with Gasteiger partial charge in [0.05, 0.1) is 15.7 Å². The second-order valence-corrected chi connectivity index (χ2v) is 14.7. The molecule has 0 unspecified atom stereocenters. The number of carbonyl (C=O) groups excluding carboxylic acids is 1. The third kappa shape index (κ3) is 6.54. The Balaban J connectivity index is 1.89. The van der Waals surface area contributed by atoms with Gasteiger partial charge in [-0.1, -0.05) is 12.1 Å². The molecule has 0 spiro atoms. The van der Waals surface area contributed by atoms with Gasteiger partial charge in [-0.3, -0.25) is 9.52 Å². The van der Waals surface area contributed by atoms with Crippen LogP contribution in [-0.2, 0) is 31.1 Å². The first-order chi connectivity index (χ1) is 13.7. The number of sulfonamides is 1. The summed E-state index contributed by atoms with van der Waals surface area (Å²) in [5, 5.41) is -0.354. The predicted molar refractivity (Wildman–Crippen MR) is 122 cm³/mol. The molecule has 30 heavy (non-hydrogen) atoms. The summed E-state index contributed by atoms with van der Waals surface area (Å²) in [4.78, 5) is 12.7. The Bertz CT molecular complexity index is 934. The standard InChI is InChI=1S/C22H35NO5S2/c1-16(2)29(25,26)15-18-6-10-19(11-7-18)21(24)14-17-8-12-20(13-9-17)23-30(27,28)22(3,4)5/h8-9,12-13,16,18-19,23H,6-7,10-11,14-15H2,1-5H3. The lowest BCUT2D eigenvalue weighted by molar-refractivity contribution is -0.123. The molecule has 1 aromatic rings. The average molecular weight is 458 g/mol. The molecular formula is C22H35NO5S2. The van der Waals surface area contributed by atoms with Crippen molar-refractivity contribution < 1.29 is 21.6 Å². The van der Waals surface area contributed by atoms with Crippen molar-refractivity contribution in [3.05, 3.63) is 29.8 Å². The van der Waals surface area contributed by atoms with Gasteiger partial charge in [0.2, 0.25) is 10.0 Å². The highest BCUT2D eigenvalue weighted by Crippen LogP contribution is 2.31. The van der Waals surface area contributed by atoms with E-state index in [0.29, 0.717) is 12.1 Å². The van der Waals surface area contributed by atoms with Crippen molar-refractivity contribution >= 4 is 31.3 Å². The summed E-state index contributed by atoms with van der Waals surface area (Å²) >= 11 is 0. The normalized spacial score (nSPS) is 20.9. The molecule has 1 fully saturated rings. The van der Waals surface area contributed by atoms with Crippen LogP contribution in [0.15, 0.2) is 24.3 Å². The average Bonchev–Trinajstić information content (AvgIpc) is 2.62. The zero-order valence-corrected chi connectivity index (χ0v) is 20.3. The SMILES string of the molecule is CC(C)S(=O)(=O)CC1CCC(C(=O)Cc2ccc(NS(=O)(=O)C(C)(C)C)cc2)CC1. The van der Waals surface area contributed by atoms with Crippen LogP contribution in [-0.4, -0.2) is 38.4 Å². The minimum atomic E-state index is -3.49. The highest BCUT2D eigenvalue weighted by atomic mass is 32.2. The number of Topliss-reactive ketones (excluding diaryl/α,β-unsaturated/α-hetero) is 1. The minimum Gasteiger partial charge on any atom is -0.299 e. The maximum Gasteiger partial charge on any atom is 0.237 e. The maximum atomic E-state index is 12.7. The van der Waals surface area contributed by atoms with Gasteiger partial charge in [-0.05, 0) is 83.9 Å². The number of rotatable bonds is 8. The summed E-state index contributed by atoms with van der Waals surface area (Å²) in [5.41, 5.74) is 1.33. The highest BCUT2D eigenvalue weighted by molar-refractivity contribution is 7.94. The second kappa shape index (κ2) is 9.39. The number of hydrogen-bond acceptors (Lipinski definition) is 5. The van der Waals surface area contributed by atoms with Crippen LogP contribution in [0, 0.1) is 11.8 Å². The van der Waals surface area contributed by atoms with Gasteiger partial charge in [-0.25, -0.2) is 16.8 Å². The number of hydrogen-bond donors (Lipinski definition) is 1. The van der Waals surface area contributed by atoms with E-state index in [-0.39, 0.29) is 28.6 Å². The molecule has 8 heteroatoms. The van der Waals surface area contributed by atoms with E-state index in [0.717, 1.165) is 31.2 Å². The Hall–Kier alpha value is -1.41. The fourth-order valence-corrected chi connectivity index (χ4v) is 5.64. The van der Waals surface area contributed by atoms with Crippen LogP contribution < -0.4 is 4.72 Å². The number of anilines is 1. The molecule has 1 saturated carbocycles. The fraction of sp³-hybridized carbons (Fsp3) is 0.682. The van der Waals surface area contributed by atoms with Crippen molar-refractivity contribution in [3.8, 4) is 0 Å². The number of carbonyl (C=O) groups is 1. The molecule has 0 radical (unpaired) electrons. The Kier molecular flexibility index (Phi) is 7.78. The lowest BCUT2D eigenvalue weighted by Gasteiger charge is -2.28. The zero-order valence-electron chi connectivity index (χ0n) is 18.6. The van der Waals surface area contributed by atoms with E-state index < -0.39 is 24.6 Å². The molecule has 0 saturated heterocycles. The molecule has 0 heterocycles. The first-order valence-electron chi connectivity index (χ1n) is 10.6. The Morgan fingerprint density at radius 1 is 1.00 bits per heavy atom. The summed E-state index contributed by atoms with van der Waals surface area (Å²) in [7, 11) is -6.53. The molecule has 1 aliphatic carbocycles. The van der Waals surface area contributed by atoms with Crippen molar-refractivity contribution in [1.82, 2.24) is 0 Å². The van der Waals surface area contributed by atoms with Crippen LogP contribution >= 0.6 is 0 Å². The molecule has 6 nitrogen and oxygen atoms in total. The van der Waals surface area contributed by atoms with Gasteiger partial charge >= 0.3 is 0 Å². The van der Waals surface area contributed by atoms with Gasteiger partial charge in [0.1, 0.15) is 5.78 Å². The number of ketones is 1. The van der Waals surface area contributed by atoms with Gasteiger partial charge in [-0.2, -0.15) is 0 Å². The highest BCUT2D eigenvalue weighted by Gasteiger charge is 2.30. The van der Waals surface area contributed by atoms with Crippen LogP contribution in [0.1, 0.15) is 65.9 Å². The molecule has 2 rings (SSSR count). The van der Waals surface area contributed by atoms with Crippen LogP contribution in [0.25, 0.3) is 0 Å². The van der Waals surface area contributed by atoms with Crippen molar-refractivity contribution in [2.75, 3.05) is 10.5 Å². The van der Waals surface area contributed by atoms with E-state index in [9.17, 15) is 21.6 Å². The van der Waals surface area contributed by atoms with Gasteiger partial charge in [0.25, 0.3) is 0 Å². The molecular weight excluding hydrogens is 422 g/mol. The quantitative estimate of drug-likeness (QED) is 0.637. The van der Waals surface area contributed by atoms with Crippen LogP contribution in [0.4, 0.5) is 5.69 Å². The second-order valence-electron chi connectivity index (χ2n) is 9.65. The van der Waals surface area contributed by atoms with E-state index >= 15 is 0 Å². The van der Waals surface area contributed by atoms with E-state index in [1.54, 1.807) is 58.9 Å². The first-order valence-corrected chi connectivity index (χ1v) is 13.8. The predicted octanol–water partition coefficient (Wildman–Crippen LogP) is 3.97. The lowest BCUT2D eigenvalue weighted by atomic mass is 9.79. The van der Waals surface area contributed by atoms with E-state index in [1.165, 1.54) is 0 Å². The van der Waals surface area contributed by atoms with Crippen LogP contribution in [0.3, 0.4) is 0 Å². The molecule has 0 aliphatic heterocycles. The maximum absolute atomic E-state index is 12.7. The summed E-state index contributed by atoms with van der Waals surface area (Å²) in [6.07, 6.45) is 3.33. The smallest absolute Gasteiger partial charge is 0.237 e. The van der Waals surface area contributed by atoms with Crippen molar-refractivity contribution in [2.24, 2.45) is 11.8 Å². The van der Waals surface area contributed by atoms with Crippen LogP contribution in [0.2, 0.25) is 0 Å². The summed E-state index contributed by atoms with van der Waals surface area (Å²) in [6, 6.07) is 6.91. The number of nitrogens with one attached hydrogen (secondary N) is 1. The molecule has 0 bridgehead atoms. The van der Waals surface area contributed by atoms with Gasteiger partial charge < -0.3 is 0 Å². The van der Waals surface area contributed by atoms with Gasteiger partial charge in [0.15, 0.2) is 9.84 Å². The first kappa shape index (κ1) is 24.9. The molecule has 170 valence electrons. The zero-order chi connectivity index (χ0) is 22.7. The molecule has 0 aromatic heterocycles. The van der Waals surface area contributed by atoms with Crippen LogP contribution in [0.5, 0.6) is 0 Å². The Labute approximate surface area is 181 Å². The fourth-order valence-electron chi connectivity index (χ4n) is 3.52. The molecule has 1 aliphatic rings. The topological polar surface area (TPSA) is 97.4 Å². The molecule has 0 atom stereocenters. The van der Waals surface area contributed by atoms with Gasteiger partial charge in [0, 0.05) is 18.0 Å². The van der Waals surface area contributed by atoms with Crippen molar-refractivity contribution in [3.63, 3.8) is 0 Å². The Morgan fingerprint density at radius 3 is 2.00 bits per heavy atom. The number of benzene rings is 1. The van der Waals surface area contributed by atoms with Gasteiger partial charge in [-0.15, -0.1) is 0 Å². The third-order valence-corrected chi connectivity index (χ3v) is 10.4. The summed E-state index contributed by atoms with van der Waals surface area (Å²) < 4.78 is 50.4. The monoisotopic (exact) mass is 457 g/mol. The molecule has 1 N–H and O–H groups in total. The summed E-state index contributed by atoms with van der Waals surface area (Å²) in [5.74, 6) is 0.513. The minimum absolute atomic E-state index is 0.0259. The van der Waals surface area contributed by atoms with Crippen molar-refractivity contribution in [1.29, 1.82) is 0 Å². The third-order valence-electron chi connectivity index (χ3n) is 5.88.